The molecule has 0 bridgehead atoms. The van der Waals surface area contributed by atoms with Crippen LogP contribution in [-0.2, 0) is 0 Å². The lowest BCUT2D eigenvalue weighted by Gasteiger charge is -2.21. The van der Waals surface area contributed by atoms with Gasteiger partial charge >= 0.3 is 0 Å². The Morgan fingerprint density at radius 1 is 0.762 bits per heavy atom. The van der Waals surface area contributed by atoms with Crippen molar-refractivity contribution in [1.82, 2.24) is 30.6 Å². The number of nitrogens with zero attached hydrogens (tertiary/aromatic N) is 3. The molecule has 3 rings (SSSR count). The molecule has 0 unspecified atom stereocenters. The average molecular weight is 325 g/mol. The quantitative estimate of drug-likeness (QED) is 0.508. The summed E-state index contributed by atoms with van der Waals surface area (Å²) in [5, 5.41) is 3.49. The Hall–Kier alpha value is -0.240. The first-order valence-corrected chi connectivity index (χ1v) is 5.80. The Kier molecular flexibility index (Phi) is 2.37. The summed E-state index contributed by atoms with van der Waals surface area (Å²) in [6.07, 6.45) is 0. The number of hydrogen-bond donors (Lipinski definition) is 3. The van der Waals surface area contributed by atoms with Crippen LogP contribution in [0.4, 0.5) is 0 Å². The predicted octanol–water partition coefficient (Wildman–Crippen LogP) is -1.44. The fourth-order valence-corrected chi connectivity index (χ4v) is 0.956. The van der Waals surface area contributed by atoms with E-state index in [4.69, 9.17) is 32.9 Å². The zero-order chi connectivity index (χ0) is 36.6. The molecule has 3 aliphatic heterocycles. The SMILES string of the molecule is [2H]C1([2H])CN(C)CC([2H])([2H])N1.[2H]C1([2H])NC([2H])([2H])C([2H])([2H])N(C)C1([2H])[2H].[2H]N1C([2H])([2H])C([2H])([2H])N(C([2H])([2H])[2H])C([2H])([2H])C1([2H])[2H]. The summed E-state index contributed by atoms with van der Waals surface area (Å²) >= 11 is 0. The molecule has 6 nitrogen and oxygen atoms in total. The van der Waals surface area contributed by atoms with Gasteiger partial charge in [-0.05, 0) is 21.1 Å². The van der Waals surface area contributed by atoms with E-state index >= 15 is 0 Å². The Morgan fingerprint density at radius 3 is 1.81 bits per heavy atom. The van der Waals surface area contributed by atoms with Crippen LogP contribution >= 0.6 is 0 Å². The molecule has 0 aromatic carbocycles. The van der Waals surface area contributed by atoms with Crippen LogP contribution in [-0.4, -0.2) is 114 Å². The Bertz CT molecular complexity index is 986. The van der Waals surface area contributed by atoms with Gasteiger partial charge in [-0.15, -0.1) is 0 Å². The lowest BCUT2D eigenvalue weighted by atomic mass is 10.4. The largest absolute Gasteiger partial charge is 0.314 e. The molecule has 0 amide bonds. The third-order valence-electron chi connectivity index (χ3n) is 1.88. The van der Waals surface area contributed by atoms with Crippen molar-refractivity contribution in [3.8, 4) is 0 Å². The summed E-state index contributed by atoms with van der Waals surface area (Å²) < 4.78 is 176. The van der Waals surface area contributed by atoms with E-state index in [2.05, 4.69) is 5.32 Å². The zero-order valence-electron chi connectivity index (χ0n) is 35.7. The molecule has 0 saturated carbocycles. The Morgan fingerprint density at radius 2 is 1.29 bits per heavy atom. The van der Waals surface area contributed by atoms with Gasteiger partial charge in [-0.1, -0.05) is 0 Å². The standard InChI is InChI=1S/3C5H12N2/c3*1-7-4-2-6-3-5-7/h3*6H,2-5H2,1H3/i1D3,2D2,3D2,4D2,5D2;2D2,3D2,4D2,5D2;2D2,3D2/hD. The van der Waals surface area contributed by atoms with Gasteiger partial charge in [0.2, 0.25) is 0 Å². The molecule has 3 fully saturated rings. The fourth-order valence-electron chi connectivity index (χ4n) is 0.956. The maximum absolute atomic E-state index is 7.49. The van der Waals surface area contributed by atoms with Gasteiger partial charge in [0, 0.05) is 110 Å². The minimum Gasteiger partial charge on any atom is -0.314 e. The van der Waals surface area contributed by atoms with E-state index in [0.717, 1.165) is 7.05 Å². The van der Waals surface area contributed by atoms with Gasteiger partial charge in [-0.3, -0.25) is 0 Å². The first-order valence-electron chi connectivity index (χ1n) is 17.7. The zero-order valence-corrected chi connectivity index (χ0v) is 11.7. The van der Waals surface area contributed by atoms with Gasteiger partial charge in [0.15, 0.2) is 0 Å². The number of rotatable bonds is 0. The van der Waals surface area contributed by atoms with Crippen molar-refractivity contribution in [3.05, 3.63) is 0 Å². The van der Waals surface area contributed by atoms with Crippen molar-refractivity contribution < 1.29 is 32.9 Å². The van der Waals surface area contributed by atoms with Gasteiger partial charge in [0.25, 0.3) is 0 Å². The highest BCUT2D eigenvalue weighted by Crippen LogP contribution is 1.84. The van der Waals surface area contributed by atoms with Gasteiger partial charge in [0.1, 0.15) is 1.41 Å². The van der Waals surface area contributed by atoms with Crippen molar-refractivity contribution in [2.45, 2.75) is 0 Å². The Balaban J connectivity index is 0.000000350. The van der Waals surface area contributed by atoms with Gasteiger partial charge in [-0.25, -0.2) is 0 Å². The maximum atomic E-state index is 7.49. The van der Waals surface area contributed by atoms with E-state index in [-0.39, 0.29) is 13.1 Å². The summed E-state index contributed by atoms with van der Waals surface area (Å²) in [7, 11) is 2.72. The second kappa shape index (κ2) is 12.3. The highest BCUT2D eigenvalue weighted by Gasteiger charge is 2.02. The van der Waals surface area contributed by atoms with Crippen molar-refractivity contribution >= 4 is 0 Å². The second-order valence-corrected chi connectivity index (χ2v) is 3.70. The molecule has 3 aliphatic rings. The minimum absolute atomic E-state index is 0.229. The number of hydrogen-bond acceptors (Lipinski definition) is 6. The Labute approximate surface area is 165 Å². The highest BCUT2D eigenvalue weighted by molar-refractivity contribution is 4.63. The molecule has 0 radical (unpaired) electrons. The molecule has 21 heavy (non-hydrogen) atoms. The van der Waals surface area contributed by atoms with Gasteiger partial charge in [-0.2, -0.15) is 0 Å². The highest BCUT2D eigenvalue weighted by atomic mass is 15.2. The first kappa shape index (κ1) is 4.05. The van der Waals surface area contributed by atoms with Crippen molar-refractivity contribution in [2.24, 2.45) is 0 Å². The maximum Gasteiger partial charge on any atom is 0.122 e. The van der Waals surface area contributed by atoms with Crippen LogP contribution in [0.3, 0.4) is 0 Å². The van der Waals surface area contributed by atoms with Crippen LogP contribution < -0.4 is 15.9 Å². The number of piperazine rings is 3. The third kappa shape index (κ3) is 11.0. The third-order valence-corrected chi connectivity index (χ3v) is 1.88. The monoisotopic (exact) mass is 324 g/mol. The van der Waals surface area contributed by atoms with E-state index < -0.39 is 82.2 Å². The fraction of sp³-hybridized carbons (Fsp3) is 1.00. The molecule has 0 aromatic rings. The van der Waals surface area contributed by atoms with Gasteiger partial charge < -0.3 is 30.6 Å². The molecule has 3 saturated heterocycles. The van der Waals surface area contributed by atoms with E-state index in [1.807, 2.05) is 0 Å². The molecule has 126 valence electrons. The number of likely N-dealkylation sites (N-methyl/N-ethyl adjacent to an activating group) is 3. The molecule has 3 N–H and O–H groups in total. The molecule has 0 atom stereocenters. The van der Waals surface area contributed by atoms with Crippen LogP contribution in [0.25, 0.3) is 0 Å². The van der Waals surface area contributed by atoms with E-state index in [9.17, 15) is 0 Å². The van der Waals surface area contributed by atoms with Crippen LogP contribution in [0.2, 0.25) is 1.41 Å². The molecule has 6 heteroatoms. The lowest BCUT2D eigenvalue weighted by Crippen LogP contribution is -2.40. The molecule has 0 spiro atoms. The van der Waals surface area contributed by atoms with Crippen LogP contribution in [0.5, 0.6) is 0 Å². The van der Waals surface area contributed by atoms with E-state index in [1.165, 1.54) is 0 Å². The van der Waals surface area contributed by atoms with Crippen LogP contribution in [0, 0.1) is 0 Å². The smallest absolute Gasteiger partial charge is 0.122 e. The molecule has 0 aromatic heterocycles. The van der Waals surface area contributed by atoms with E-state index in [0.29, 0.717) is 4.90 Å². The molecule has 3 heterocycles. The van der Waals surface area contributed by atoms with Crippen LogP contribution in [0.15, 0.2) is 0 Å². The summed E-state index contributed by atoms with van der Waals surface area (Å²) in [5.74, 6) is 0. The summed E-state index contributed by atoms with van der Waals surface area (Å²) in [5.41, 5.74) is 0. The van der Waals surface area contributed by atoms with E-state index in [1.54, 1.807) is 17.3 Å². The topological polar surface area (TPSA) is 45.8 Å². The molecular formula is C15H36N6. The second-order valence-electron chi connectivity index (χ2n) is 3.70. The summed E-state index contributed by atoms with van der Waals surface area (Å²) in [4.78, 5) is 1.59. The first-order chi connectivity index (χ1) is 19.2. The summed E-state index contributed by atoms with van der Waals surface area (Å²) in [6.45, 7) is -30.4. The molecule has 0 aliphatic carbocycles. The van der Waals surface area contributed by atoms with Crippen molar-refractivity contribution in [3.63, 3.8) is 0 Å². The molecular weight excluding hydrogens is 264 g/mol. The van der Waals surface area contributed by atoms with Gasteiger partial charge in [0.05, 0.1) is 0 Å². The van der Waals surface area contributed by atoms with Crippen molar-refractivity contribution in [2.75, 3.05) is 99.1 Å². The normalized spacial score (nSPS) is 67.7. The van der Waals surface area contributed by atoms with Crippen LogP contribution in [0.1, 0.15) is 31.5 Å². The summed E-state index contributed by atoms with van der Waals surface area (Å²) in [6, 6.07) is 0. The minimum atomic E-state index is -3.44. The average Bonchev–Trinajstić information content (AvgIpc) is 2.72. The number of nitrogens with one attached hydrogen (secondary N) is 3. The predicted molar refractivity (Wildman–Crippen MR) is 91.1 cm³/mol. The lowest BCUT2D eigenvalue weighted by molar-refractivity contribution is 0.291. The van der Waals surface area contributed by atoms with Crippen molar-refractivity contribution in [1.29, 1.82) is 0 Å².